The molecule has 2 aromatic carbocycles. The van der Waals surface area contributed by atoms with Crippen molar-refractivity contribution in [2.75, 3.05) is 11.9 Å². The number of anilines is 2. The second kappa shape index (κ2) is 5.27. The van der Waals surface area contributed by atoms with Gasteiger partial charge in [0.25, 0.3) is 0 Å². The lowest BCUT2D eigenvalue weighted by Crippen LogP contribution is -2.12. The van der Waals surface area contributed by atoms with Crippen molar-refractivity contribution in [2.24, 2.45) is 0 Å². The van der Waals surface area contributed by atoms with E-state index in [9.17, 15) is 0 Å². The van der Waals surface area contributed by atoms with Crippen LogP contribution in [-0.2, 0) is 0 Å². The minimum Gasteiger partial charge on any atom is -0.329 e. The fourth-order valence-electron chi connectivity index (χ4n) is 2.09. The lowest BCUT2D eigenvalue weighted by molar-refractivity contribution is 1.11. The molecule has 3 aromatic rings. The summed E-state index contributed by atoms with van der Waals surface area (Å²) in [5, 5.41) is 1.74. The average Bonchev–Trinajstić information content (AvgIpc) is 2.46. The van der Waals surface area contributed by atoms with Crippen LogP contribution in [0, 0.1) is 0 Å². The van der Waals surface area contributed by atoms with E-state index in [1.165, 1.54) is 0 Å². The maximum Gasteiger partial charge on any atom is 0.224 e. The Morgan fingerprint density at radius 2 is 1.70 bits per heavy atom. The van der Waals surface area contributed by atoms with Crippen LogP contribution in [-0.4, -0.2) is 17.0 Å². The topological polar surface area (TPSA) is 29.0 Å². The number of nitrogens with zero attached hydrogens (tertiary/aromatic N) is 3. The lowest BCUT2D eigenvalue weighted by Gasteiger charge is -2.20. The van der Waals surface area contributed by atoms with E-state index in [1.54, 1.807) is 6.07 Å². The van der Waals surface area contributed by atoms with Crippen molar-refractivity contribution in [1.82, 2.24) is 9.97 Å². The Labute approximate surface area is 126 Å². The molecule has 0 bridgehead atoms. The van der Waals surface area contributed by atoms with Crippen molar-refractivity contribution in [2.45, 2.75) is 0 Å². The molecule has 5 heteroatoms. The smallest absolute Gasteiger partial charge is 0.224 e. The van der Waals surface area contributed by atoms with Gasteiger partial charge in [0.05, 0.1) is 5.52 Å². The van der Waals surface area contributed by atoms with Crippen LogP contribution in [0.4, 0.5) is 11.5 Å². The minimum atomic E-state index is 0.206. The average molecular weight is 304 g/mol. The third kappa shape index (κ3) is 2.42. The van der Waals surface area contributed by atoms with E-state index in [0.717, 1.165) is 22.4 Å². The van der Waals surface area contributed by atoms with E-state index >= 15 is 0 Å². The molecule has 0 unspecified atom stereocenters. The molecular formula is C15H11Cl2N3. The Morgan fingerprint density at radius 3 is 2.45 bits per heavy atom. The van der Waals surface area contributed by atoms with Gasteiger partial charge in [0.1, 0.15) is 5.82 Å². The molecule has 1 aromatic heterocycles. The summed E-state index contributed by atoms with van der Waals surface area (Å²) in [7, 11) is 1.95. The Kier molecular flexibility index (Phi) is 3.47. The van der Waals surface area contributed by atoms with Crippen molar-refractivity contribution in [3.05, 3.63) is 58.8 Å². The van der Waals surface area contributed by atoms with Gasteiger partial charge in [0.2, 0.25) is 5.28 Å². The van der Waals surface area contributed by atoms with Crippen molar-refractivity contribution < 1.29 is 0 Å². The van der Waals surface area contributed by atoms with Crippen molar-refractivity contribution in [3.63, 3.8) is 0 Å². The van der Waals surface area contributed by atoms with Gasteiger partial charge in [-0.1, -0.05) is 29.8 Å². The molecule has 100 valence electrons. The summed E-state index contributed by atoms with van der Waals surface area (Å²) in [5.74, 6) is 0.753. The molecule has 0 radical (unpaired) electrons. The van der Waals surface area contributed by atoms with Gasteiger partial charge in [-0.3, -0.25) is 0 Å². The normalized spacial score (nSPS) is 10.8. The van der Waals surface area contributed by atoms with E-state index in [2.05, 4.69) is 9.97 Å². The summed E-state index contributed by atoms with van der Waals surface area (Å²) in [5.41, 5.74) is 1.76. The van der Waals surface area contributed by atoms with Crippen LogP contribution >= 0.6 is 23.2 Å². The largest absolute Gasteiger partial charge is 0.329 e. The molecule has 0 fully saturated rings. The number of halogens is 2. The van der Waals surface area contributed by atoms with Gasteiger partial charge in [-0.2, -0.15) is 4.98 Å². The van der Waals surface area contributed by atoms with Crippen LogP contribution in [0.15, 0.2) is 48.5 Å². The third-order valence-corrected chi connectivity index (χ3v) is 3.48. The summed E-state index contributed by atoms with van der Waals surface area (Å²) >= 11 is 12.0. The molecule has 0 saturated carbocycles. The molecule has 20 heavy (non-hydrogen) atoms. The molecule has 3 rings (SSSR count). The van der Waals surface area contributed by atoms with Crippen LogP contribution < -0.4 is 4.90 Å². The van der Waals surface area contributed by atoms with Gasteiger partial charge in [0, 0.05) is 23.1 Å². The number of benzene rings is 2. The van der Waals surface area contributed by atoms with Crippen molar-refractivity contribution >= 4 is 45.6 Å². The number of rotatable bonds is 2. The summed E-state index contributed by atoms with van der Waals surface area (Å²) < 4.78 is 0. The van der Waals surface area contributed by atoms with Crippen LogP contribution in [0.25, 0.3) is 10.9 Å². The molecule has 0 aliphatic carbocycles. The Bertz CT molecular complexity index is 754. The SMILES string of the molecule is CN(c1ccccc1)c1nc(Cl)nc2cc(Cl)ccc12. The van der Waals surface area contributed by atoms with Crippen molar-refractivity contribution in [3.8, 4) is 0 Å². The fraction of sp³-hybridized carbons (Fsp3) is 0.0667. The predicted molar refractivity (Wildman–Crippen MR) is 84.1 cm³/mol. The van der Waals surface area contributed by atoms with Crippen LogP contribution in [0.3, 0.4) is 0 Å². The molecule has 3 nitrogen and oxygen atoms in total. The van der Waals surface area contributed by atoms with Gasteiger partial charge in [-0.25, -0.2) is 4.98 Å². The number of fused-ring (bicyclic) bond motifs is 1. The van der Waals surface area contributed by atoms with Gasteiger partial charge < -0.3 is 4.90 Å². The highest BCUT2D eigenvalue weighted by molar-refractivity contribution is 6.31. The second-order valence-electron chi connectivity index (χ2n) is 4.37. The van der Waals surface area contributed by atoms with Crippen LogP contribution in [0.2, 0.25) is 10.3 Å². The van der Waals surface area contributed by atoms with Gasteiger partial charge in [0.15, 0.2) is 0 Å². The molecule has 0 N–H and O–H groups in total. The molecule has 0 spiro atoms. The number of hydrogen-bond acceptors (Lipinski definition) is 3. The molecule has 0 amide bonds. The van der Waals surface area contributed by atoms with Gasteiger partial charge >= 0.3 is 0 Å². The maximum absolute atomic E-state index is 6.02. The summed E-state index contributed by atoms with van der Waals surface area (Å²) in [6, 6.07) is 15.5. The molecule has 0 atom stereocenters. The maximum atomic E-state index is 6.02. The molecule has 0 aliphatic rings. The van der Waals surface area contributed by atoms with E-state index in [-0.39, 0.29) is 5.28 Å². The number of para-hydroxylation sites is 1. The highest BCUT2D eigenvalue weighted by Crippen LogP contribution is 2.30. The molecule has 1 heterocycles. The molecular weight excluding hydrogens is 293 g/mol. The summed E-state index contributed by atoms with van der Waals surface area (Å²) in [4.78, 5) is 10.5. The second-order valence-corrected chi connectivity index (χ2v) is 5.15. The first-order chi connectivity index (χ1) is 9.65. The van der Waals surface area contributed by atoms with Crippen LogP contribution in [0.1, 0.15) is 0 Å². The zero-order valence-corrected chi connectivity index (χ0v) is 12.2. The number of aromatic nitrogens is 2. The molecule has 0 aliphatic heterocycles. The minimum absolute atomic E-state index is 0.206. The Morgan fingerprint density at radius 1 is 0.950 bits per heavy atom. The zero-order valence-electron chi connectivity index (χ0n) is 10.7. The van der Waals surface area contributed by atoms with Crippen LogP contribution in [0.5, 0.6) is 0 Å². The van der Waals surface area contributed by atoms with E-state index < -0.39 is 0 Å². The first-order valence-electron chi connectivity index (χ1n) is 6.07. The number of hydrogen-bond donors (Lipinski definition) is 0. The highest BCUT2D eigenvalue weighted by atomic mass is 35.5. The summed E-state index contributed by atoms with van der Waals surface area (Å²) in [6.07, 6.45) is 0. The van der Waals surface area contributed by atoms with E-state index in [0.29, 0.717) is 5.02 Å². The monoisotopic (exact) mass is 303 g/mol. The van der Waals surface area contributed by atoms with Gasteiger partial charge in [-0.15, -0.1) is 0 Å². The third-order valence-electron chi connectivity index (χ3n) is 3.07. The standard InChI is InChI=1S/C15H11Cl2N3/c1-20(11-5-3-2-4-6-11)14-12-8-7-10(16)9-13(12)18-15(17)19-14/h2-9H,1H3. The Balaban J connectivity index is 2.20. The predicted octanol–water partition coefficient (Wildman–Crippen LogP) is 4.70. The zero-order chi connectivity index (χ0) is 14.1. The van der Waals surface area contributed by atoms with E-state index in [4.69, 9.17) is 23.2 Å². The lowest BCUT2D eigenvalue weighted by atomic mass is 10.2. The van der Waals surface area contributed by atoms with Crippen molar-refractivity contribution in [1.29, 1.82) is 0 Å². The quantitative estimate of drug-likeness (QED) is 0.642. The van der Waals surface area contributed by atoms with E-state index in [1.807, 2.05) is 54.4 Å². The highest BCUT2D eigenvalue weighted by Gasteiger charge is 2.12. The fourth-order valence-corrected chi connectivity index (χ4v) is 2.43. The van der Waals surface area contributed by atoms with Gasteiger partial charge in [-0.05, 0) is 41.9 Å². The first-order valence-corrected chi connectivity index (χ1v) is 6.82. The molecule has 0 saturated heterocycles. The summed E-state index contributed by atoms with van der Waals surface area (Å²) in [6.45, 7) is 0. The first kappa shape index (κ1) is 13.2. The Hall–Kier alpha value is -1.84.